The van der Waals surface area contributed by atoms with Gasteiger partial charge in [-0.05, 0) is 24.3 Å². The van der Waals surface area contributed by atoms with Gasteiger partial charge < -0.3 is 5.32 Å². The van der Waals surface area contributed by atoms with E-state index in [0.29, 0.717) is 5.69 Å². The Hall–Kier alpha value is -2.23. The lowest BCUT2D eigenvalue weighted by molar-refractivity contribution is -0.115. The third kappa shape index (κ3) is 3.56. The van der Waals surface area contributed by atoms with E-state index in [1.54, 1.807) is 30.7 Å². The molecule has 1 N–H and O–H groups in total. The predicted octanol–water partition coefficient (Wildman–Crippen LogP) is 0.834. The topological polar surface area (TPSA) is 59.1 Å². The van der Waals surface area contributed by atoms with Crippen LogP contribution in [0.3, 0.4) is 0 Å². The second-order valence-electron chi connectivity index (χ2n) is 2.61. The minimum absolute atomic E-state index is 0.0265. The largest absolute Gasteiger partial charge is 0.319 e. The molecule has 75 valence electrons. The Bertz CT molecular complexity index is 396. The van der Waals surface area contributed by atoms with Crippen molar-refractivity contribution in [1.29, 1.82) is 0 Å². The summed E-state index contributed by atoms with van der Waals surface area (Å²) in [6, 6.07) is 5.23. The van der Waals surface area contributed by atoms with Crippen LogP contribution < -0.4 is 5.32 Å². The van der Waals surface area contributed by atoms with Gasteiger partial charge in [0, 0.05) is 6.20 Å². The third-order valence-corrected chi connectivity index (χ3v) is 1.53. The summed E-state index contributed by atoms with van der Waals surface area (Å²) in [4.78, 5) is 25.4. The van der Waals surface area contributed by atoms with Crippen molar-refractivity contribution in [3.8, 4) is 0 Å². The molecule has 0 aliphatic rings. The molecule has 0 bridgehead atoms. The van der Waals surface area contributed by atoms with Gasteiger partial charge in [0.05, 0.1) is 11.4 Å². The first kappa shape index (κ1) is 10.8. The fourth-order valence-corrected chi connectivity index (χ4v) is 0.884. The summed E-state index contributed by atoms with van der Waals surface area (Å²) < 4.78 is 0. The van der Waals surface area contributed by atoms with E-state index in [4.69, 9.17) is 0 Å². The summed E-state index contributed by atoms with van der Waals surface area (Å²) in [5.41, 5.74) is 0.596. The summed E-state index contributed by atoms with van der Waals surface area (Å²) in [7, 11) is 0. The number of pyridine rings is 1. The van der Waals surface area contributed by atoms with Gasteiger partial charge in [0.2, 0.25) is 5.91 Å². The highest BCUT2D eigenvalue weighted by Crippen LogP contribution is 1.99. The highest BCUT2D eigenvalue weighted by molar-refractivity contribution is 5.95. The van der Waals surface area contributed by atoms with Crippen LogP contribution in [0.5, 0.6) is 0 Å². The molecule has 1 heterocycles. The molecule has 1 rings (SSSR count). The van der Waals surface area contributed by atoms with Gasteiger partial charge in [0.25, 0.3) is 6.29 Å². The molecule has 0 spiro atoms. The molecule has 1 aromatic rings. The van der Waals surface area contributed by atoms with Gasteiger partial charge in [-0.15, -0.1) is 0 Å². The van der Waals surface area contributed by atoms with E-state index in [1.165, 1.54) is 6.08 Å². The molecular weight excluding hydrogens is 192 g/mol. The van der Waals surface area contributed by atoms with Crippen LogP contribution in [0, 0.1) is 0 Å². The van der Waals surface area contributed by atoms with Crippen LogP contribution in [0.25, 0.3) is 6.08 Å². The van der Waals surface area contributed by atoms with Crippen LogP contribution in [0.2, 0.25) is 0 Å². The SMILES string of the molecule is C=CC(=O)N/C([C]=O)=C\c1ccccn1. The van der Waals surface area contributed by atoms with Crippen molar-refractivity contribution in [2.75, 3.05) is 0 Å². The molecule has 4 nitrogen and oxygen atoms in total. The van der Waals surface area contributed by atoms with Crippen LogP contribution in [-0.2, 0) is 9.59 Å². The van der Waals surface area contributed by atoms with Gasteiger partial charge in [-0.25, -0.2) is 0 Å². The molecule has 1 amide bonds. The van der Waals surface area contributed by atoms with E-state index in [-0.39, 0.29) is 5.70 Å². The summed E-state index contributed by atoms with van der Waals surface area (Å²) in [6.07, 6.45) is 5.69. The molecule has 0 aromatic carbocycles. The smallest absolute Gasteiger partial charge is 0.251 e. The Morgan fingerprint density at radius 1 is 1.53 bits per heavy atom. The number of allylic oxidation sites excluding steroid dienone is 1. The molecule has 1 aromatic heterocycles. The molecule has 15 heavy (non-hydrogen) atoms. The highest BCUT2D eigenvalue weighted by atomic mass is 16.2. The molecule has 0 saturated carbocycles. The third-order valence-electron chi connectivity index (χ3n) is 1.53. The molecule has 0 unspecified atom stereocenters. The first-order valence-corrected chi connectivity index (χ1v) is 4.20. The number of rotatable bonds is 4. The van der Waals surface area contributed by atoms with Gasteiger partial charge >= 0.3 is 0 Å². The van der Waals surface area contributed by atoms with Crippen LogP contribution in [0.4, 0.5) is 0 Å². The second-order valence-corrected chi connectivity index (χ2v) is 2.61. The monoisotopic (exact) mass is 201 g/mol. The molecule has 0 saturated heterocycles. The van der Waals surface area contributed by atoms with Gasteiger partial charge in [-0.3, -0.25) is 14.6 Å². The van der Waals surface area contributed by atoms with Gasteiger partial charge in [-0.1, -0.05) is 12.6 Å². The number of hydrogen-bond donors (Lipinski definition) is 1. The van der Waals surface area contributed by atoms with Gasteiger partial charge in [0.15, 0.2) is 0 Å². The Morgan fingerprint density at radius 3 is 2.87 bits per heavy atom. The van der Waals surface area contributed by atoms with Crippen LogP contribution in [0.15, 0.2) is 42.7 Å². The molecule has 0 aliphatic heterocycles. The number of nitrogens with one attached hydrogen (secondary N) is 1. The van der Waals surface area contributed by atoms with E-state index in [0.717, 1.165) is 6.08 Å². The summed E-state index contributed by atoms with van der Waals surface area (Å²) in [5.74, 6) is -0.458. The van der Waals surface area contributed by atoms with Crippen LogP contribution >= 0.6 is 0 Å². The Morgan fingerprint density at radius 2 is 2.33 bits per heavy atom. The van der Waals surface area contributed by atoms with Crippen molar-refractivity contribution < 1.29 is 9.59 Å². The van der Waals surface area contributed by atoms with Gasteiger partial charge in [0.1, 0.15) is 0 Å². The lowest BCUT2D eigenvalue weighted by atomic mass is 10.3. The van der Waals surface area contributed by atoms with E-state index in [9.17, 15) is 9.59 Å². The Balaban J connectivity index is 2.83. The zero-order valence-corrected chi connectivity index (χ0v) is 7.93. The number of amides is 1. The van der Waals surface area contributed by atoms with Crippen molar-refractivity contribution >= 4 is 18.3 Å². The van der Waals surface area contributed by atoms with Crippen LogP contribution in [0.1, 0.15) is 5.69 Å². The van der Waals surface area contributed by atoms with E-state index >= 15 is 0 Å². The number of carbonyl (C=O) groups excluding carboxylic acids is 2. The molecule has 0 fully saturated rings. The fourth-order valence-electron chi connectivity index (χ4n) is 0.884. The van der Waals surface area contributed by atoms with Crippen molar-refractivity contribution in [2.45, 2.75) is 0 Å². The average Bonchev–Trinajstić information content (AvgIpc) is 2.29. The average molecular weight is 201 g/mol. The van der Waals surface area contributed by atoms with E-state index in [2.05, 4.69) is 16.9 Å². The minimum atomic E-state index is -0.458. The van der Waals surface area contributed by atoms with Crippen molar-refractivity contribution in [3.05, 3.63) is 48.4 Å². The maximum Gasteiger partial charge on any atom is 0.251 e. The first-order chi connectivity index (χ1) is 7.26. The zero-order chi connectivity index (χ0) is 11.1. The van der Waals surface area contributed by atoms with Crippen LogP contribution in [-0.4, -0.2) is 17.2 Å². The van der Waals surface area contributed by atoms with Crippen molar-refractivity contribution in [1.82, 2.24) is 10.3 Å². The Labute approximate surface area is 87.3 Å². The number of nitrogens with zero attached hydrogens (tertiary/aromatic N) is 1. The number of carbonyl (C=O) groups is 1. The Kier molecular flexibility index (Phi) is 3.97. The first-order valence-electron chi connectivity index (χ1n) is 4.20. The molecular formula is C11H9N2O2. The molecule has 4 heteroatoms. The number of aromatic nitrogens is 1. The molecule has 0 atom stereocenters. The normalized spacial score (nSPS) is 10.5. The van der Waals surface area contributed by atoms with Crippen molar-refractivity contribution in [2.24, 2.45) is 0 Å². The lowest BCUT2D eigenvalue weighted by Gasteiger charge is -1.98. The molecule has 0 aliphatic carbocycles. The minimum Gasteiger partial charge on any atom is -0.319 e. The fraction of sp³-hybridized carbons (Fsp3) is 0. The maximum atomic E-state index is 10.9. The summed E-state index contributed by atoms with van der Waals surface area (Å²) in [6.45, 7) is 3.27. The second kappa shape index (κ2) is 5.49. The highest BCUT2D eigenvalue weighted by Gasteiger charge is 2.00. The lowest BCUT2D eigenvalue weighted by Crippen LogP contribution is -2.20. The molecule has 1 radical (unpaired) electrons. The predicted molar refractivity (Wildman–Crippen MR) is 56.2 cm³/mol. The zero-order valence-electron chi connectivity index (χ0n) is 7.93. The summed E-state index contributed by atoms with van der Waals surface area (Å²) >= 11 is 0. The van der Waals surface area contributed by atoms with Crippen molar-refractivity contribution in [3.63, 3.8) is 0 Å². The van der Waals surface area contributed by atoms with E-state index < -0.39 is 5.91 Å². The summed E-state index contributed by atoms with van der Waals surface area (Å²) in [5, 5.41) is 2.31. The standard InChI is InChI=1S/C11H9N2O2/c1-2-11(15)13-10(8-14)7-9-5-3-4-6-12-9/h2-7H,1H2,(H,13,15)/b10-7-. The van der Waals surface area contributed by atoms with E-state index in [1.807, 2.05) is 0 Å². The maximum absolute atomic E-state index is 10.9. The number of hydrogen-bond acceptors (Lipinski definition) is 3. The van der Waals surface area contributed by atoms with Gasteiger partial charge in [-0.2, -0.15) is 0 Å². The quantitative estimate of drug-likeness (QED) is 0.734.